The third kappa shape index (κ3) is 5.87. The number of ketones is 1. The van der Waals surface area contributed by atoms with Gasteiger partial charge in [-0.05, 0) is 19.1 Å². The van der Waals surface area contributed by atoms with E-state index in [9.17, 15) is 32.9 Å². The number of hydrogen-bond acceptors (Lipinski definition) is 7. The summed E-state index contributed by atoms with van der Waals surface area (Å²) in [6.07, 6.45) is -2.26. The molecule has 1 atom stereocenters. The summed E-state index contributed by atoms with van der Waals surface area (Å²) in [6, 6.07) is 4.85. The molecule has 0 aliphatic carbocycles. The molecule has 0 saturated heterocycles. The molecule has 0 aliphatic rings. The van der Waals surface area contributed by atoms with E-state index in [1.807, 2.05) is 0 Å². The standard InChI is InChI=1S/C19H14Cl2F3NO7/c1-9-14(22)13(21)17(16(24)15(9)23)32-11-4-2-3-10(7-11)12(26)8-31-18(25(28)29)19(27)30-6-5-20/h2-4,7,18H,5-6,8H2,1H3. The van der Waals surface area contributed by atoms with Crippen LogP contribution in [0.5, 0.6) is 11.5 Å². The maximum atomic E-state index is 14.1. The third-order valence-corrected chi connectivity index (χ3v) is 4.40. The van der Waals surface area contributed by atoms with Crippen molar-refractivity contribution in [2.45, 2.75) is 13.2 Å². The van der Waals surface area contributed by atoms with Crippen LogP contribution in [-0.4, -0.2) is 42.0 Å². The molecule has 2 rings (SSSR count). The molecule has 0 aliphatic heterocycles. The Morgan fingerprint density at radius 3 is 2.50 bits per heavy atom. The van der Waals surface area contributed by atoms with E-state index in [0.29, 0.717) is 0 Å². The Morgan fingerprint density at radius 2 is 1.88 bits per heavy atom. The fourth-order valence-electron chi connectivity index (χ4n) is 2.33. The van der Waals surface area contributed by atoms with Gasteiger partial charge in [0.1, 0.15) is 24.0 Å². The average molecular weight is 496 g/mol. The van der Waals surface area contributed by atoms with Crippen molar-refractivity contribution in [3.05, 3.63) is 68.0 Å². The first-order chi connectivity index (χ1) is 15.1. The molecule has 0 amide bonds. The van der Waals surface area contributed by atoms with E-state index in [-0.39, 0.29) is 23.8 Å². The Kier molecular flexibility index (Phi) is 8.81. The summed E-state index contributed by atoms with van der Waals surface area (Å²) in [4.78, 5) is 33.8. The number of nitrogens with zero attached hydrogens (tertiary/aromatic N) is 1. The Bertz CT molecular complexity index is 1020. The van der Waals surface area contributed by atoms with Gasteiger partial charge in [0.2, 0.25) is 5.82 Å². The Hall–Kier alpha value is -2.89. The first kappa shape index (κ1) is 25.4. The molecular formula is C19H14Cl2F3NO7. The van der Waals surface area contributed by atoms with E-state index >= 15 is 0 Å². The number of carbonyl (C=O) groups excluding carboxylic acids is 2. The molecule has 2 aromatic rings. The highest BCUT2D eigenvalue weighted by molar-refractivity contribution is 6.32. The quantitative estimate of drug-likeness (QED) is 0.0911. The molecule has 8 nitrogen and oxygen atoms in total. The number of alkyl halides is 1. The van der Waals surface area contributed by atoms with Gasteiger partial charge in [-0.2, -0.15) is 4.39 Å². The van der Waals surface area contributed by atoms with Crippen LogP contribution in [0, 0.1) is 34.5 Å². The fourth-order valence-corrected chi connectivity index (χ4v) is 2.67. The normalized spacial score (nSPS) is 11.7. The molecule has 0 fully saturated rings. The van der Waals surface area contributed by atoms with Crippen molar-refractivity contribution in [1.82, 2.24) is 0 Å². The van der Waals surface area contributed by atoms with Crippen LogP contribution in [0.3, 0.4) is 0 Å². The molecule has 2 aromatic carbocycles. The topological polar surface area (TPSA) is 105 Å². The second kappa shape index (κ2) is 11.1. The van der Waals surface area contributed by atoms with Gasteiger partial charge < -0.3 is 9.47 Å². The van der Waals surface area contributed by atoms with Crippen molar-refractivity contribution in [2.75, 3.05) is 19.1 Å². The summed E-state index contributed by atoms with van der Waals surface area (Å²) in [5, 5.41) is 10.2. The van der Waals surface area contributed by atoms with Crippen LogP contribution in [0.25, 0.3) is 0 Å². The molecule has 172 valence electrons. The summed E-state index contributed by atoms with van der Waals surface area (Å²) in [6.45, 7) is -0.193. The number of Topliss-reactive ketones (excluding diaryl/α,β-unsaturated/α-hetero) is 1. The Labute approximate surface area is 188 Å². The van der Waals surface area contributed by atoms with Gasteiger partial charge in [0.25, 0.3) is 0 Å². The van der Waals surface area contributed by atoms with E-state index in [1.165, 1.54) is 18.2 Å². The zero-order valence-electron chi connectivity index (χ0n) is 16.2. The number of nitro groups is 1. The lowest BCUT2D eigenvalue weighted by atomic mass is 10.1. The summed E-state index contributed by atoms with van der Waals surface area (Å²) in [5.74, 6) is -7.63. The molecule has 0 spiro atoms. The third-order valence-electron chi connectivity index (χ3n) is 3.91. The molecule has 0 saturated carbocycles. The average Bonchev–Trinajstić information content (AvgIpc) is 2.77. The lowest BCUT2D eigenvalue weighted by molar-refractivity contribution is -0.560. The second-order valence-corrected chi connectivity index (χ2v) is 6.82. The van der Waals surface area contributed by atoms with Crippen LogP contribution in [0.1, 0.15) is 15.9 Å². The van der Waals surface area contributed by atoms with Crippen LogP contribution in [-0.2, 0) is 14.3 Å². The number of benzene rings is 2. The van der Waals surface area contributed by atoms with E-state index in [4.69, 9.17) is 32.7 Å². The second-order valence-electron chi connectivity index (χ2n) is 6.07. The Balaban J connectivity index is 2.17. The van der Waals surface area contributed by atoms with Crippen LogP contribution >= 0.6 is 23.2 Å². The van der Waals surface area contributed by atoms with Crippen LogP contribution in [0.2, 0.25) is 5.02 Å². The predicted molar refractivity (Wildman–Crippen MR) is 105 cm³/mol. The maximum absolute atomic E-state index is 14.1. The predicted octanol–water partition coefficient (Wildman–Crippen LogP) is 4.44. The first-order valence-electron chi connectivity index (χ1n) is 8.69. The van der Waals surface area contributed by atoms with E-state index in [1.54, 1.807) is 0 Å². The van der Waals surface area contributed by atoms with Crippen molar-refractivity contribution in [2.24, 2.45) is 0 Å². The zero-order chi connectivity index (χ0) is 24.0. The van der Waals surface area contributed by atoms with E-state index in [2.05, 4.69) is 4.74 Å². The van der Waals surface area contributed by atoms with Gasteiger partial charge in [0.05, 0.1) is 10.8 Å². The minimum absolute atomic E-state index is 0.0959. The highest BCUT2D eigenvalue weighted by Crippen LogP contribution is 2.37. The largest absolute Gasteiger partial charge is 0.457 e. The monoisotopic (exact) mass is 495 g/mol. The zero-order valence-corrected chi connectivity index (χ0v) is 17.7. The molecule has 0 heterocycles. The SMILES string of the molecule is Cc1c(F)c(F)c(Oc2cccc(C(=O)COC(C(=O)OCCCl)[N+](=O)[O-])c2)c(Cl)c1F. The highest BCUT2D eigenvalue weighted by atomic mass is 35.5. The van der Waals surface area contributed by atoms with Crippen LogP contribution in [0.15, 0.2) is 24.3 Å². The maximum Gasteiger partial charge on any atom is 0.413 e. The molecule has 0 radical (unpaired) electrons. The number of esters is 1. The molecule has 13 heteroatoms. The van der Waals surface area contributed by atoms with Gasteiger partial charge in [-0.25, -0.2) is 13.6 Å². The fraction of sp³-hybridized carbons (Fsp3) is 0.263. The van der Waals surface area contributed by atoms with Crippen molar-refractivity contribution in [3.63, 3.8) is 0 Å². The first-order valence-corrected chi connectivity index (χ1v) is 9.61. The minimum Gasteiger partial charge on any atom is -0.457 e. The number of halogens is 5. The van der Waals surface area contributed by atoms with Crippen molar-refractivity contribution in [1.29, 1.82) is 0 Å². The van der Waals surface area contributed by atoms with Crippen molar-refractivity contribution in [3.8, 4) is 11.5 Å². The van der Waals surface area contributed by atoms with Gasteiger partial charge in [-0.3, -0.25) is 19.6 Å². The molecule has 32 heavy (non-hydrogen) atoms. The van der Waals surface area contributed by atoms with Gasteiger partial charge in [0, 0.05) is 11.1 Å². The number of ether oxygens (including phenoxy) is 3. The summed E-state index contributed by atoms with van der Waals surface area (Å²) >= 11 is 11.0. The van der Waals surface area contributed by atoms with Crippen molar-refractivity contribution >= 4 is 35.0 Å². The molecule has 0 aromatic heterocycles. The molecule has 0 bridgehead atoms. The molecular weight excluding hydrogens is 482 g/mol. The van der Waals surface area contributed by atoms with E-state index < -0.39 is 63.3 Å². The number of carbonyl (C=O) groups is 2. The lowest BCUT2D eigenvalue weighted by Crippen LogP contribution is -2.36. The van der Waals surface area contributed by atoms with Crippen LogP contribution < -0.4 is 4.74 Å². The van der Waals surface area contributed by atoms with E-state index in [0.717, 1.165) is 13.0 Å². The smallest absolute Gasteiger partial charge is 0.413 e. The van der Waals surface area contributed by atoms with Gasteiger partial charge in [-0.15, -0.1) is 11.6 Å². The summed E-state index contributed by atoms with van der Waals surface area (Å²) < 4.78 is 56.2. The number of hydrogen-bond donors (Lipinski definition) is 0. The molecule has 1 unspecified atom stereocenters. The van der Waals surface area contributed by atoms with Gasteiger partial charge >= 0.3 is 12.2 Å². The molecule has 0 N–H and O–H groups in total. The van der Waals surface area contributed by atoms with Gasteiger partial charge in [0.15, 0.2) is 23.2 Å². The lowest BCUT2D eigenvalue weighted by Gasteiger charge is -2.13. The van der Waals surface area contributed by atoms with Gasteiger partial charge in [-0.1, -0.05) is 23.7 Å². The minimum atomic E-state index is -2.26. The highest BCUT2D eigenvalue weighted by Gasteiger charge is 2.33. The number of rotatable bonds is 10. The summed E-state index contributed by atoms with van der Waals surface area (Å²) in [7, 11) is 0. The Morgan fingerprint density at radius 1 is 1.19 bits per heavy atom. The summed E-state index contributed by atoms with van der Waals surface area (Å²) in [5.41, 5.74) is -0.755. The van der Waals surface area contributed by atoms with Crippen molar-refractivity contribution < 1.29 is 41.9 Å². The van der Waals surface area contributed by atoms with Crippen LogP contribution in [0.4, 0.5) is 13.2 Å².